The Morgan fingerprint density at radius 2 is 1.88 bits per heavy atom. The van der Waals surface area contributed by atoms with Crippen molar-refractivity contribution in [2.75, 3.05) is 7.11 Å². The summed E-state index contributed by atoms with van der Waals surface area (Å²) in [6, 6.07) is 11.7. The van der Waals surface area contributed by atoms with Crippen LogP contribution in [-0.4, -0.2) is 12.1 Å². The van der Waals surface area contributed by atoms with Crippen molar-refractivity contribution >= 4 is 0 Å². The molecule has 0 amide bonds. The molecule has 0 aliphatic heterocycles. The van der Waals surface area contributed by atoms with Crippen molar-refractivity contribution in [1.29, 1.82) is 0 Å². The Morgan fingerprint density at radius 1 is 1.12 bits per heavy atom. The van der Waals surface area contributed by atoms with Crippen LogP contribution in [0.25, 0.3) is 0 Å². The maximum atomic E-state index is 5.64. The second-order valence-corrected chi connectivity index (χ2v) is 3.76. The first kappa shape index (κ1) is 11.5. The van der Waals surface area contributed by atoms with Gasteiger partial charge in [0.05, 0.1) is 7.11 Å². The average molecular weight is 229 g/mol. The first-order valence-electron chi connectivity index (χ1n) is 5.47. The highest BCUT2D eigenvalue weighted by Crippen LogP contribution is 2.16. The molecule has 0 aliphatic carbocycles. The monoisotopic (exact) mass is 229 g/mol. The van der Waals surface area contributed by atoms with Crippen LogP contribution in [0.3, 0.4) is 0 Å². The molecule has 0 atom stereocenters. The third-order valence-corrected chi connectivity index (χ3v) is 2.50. The van der Waals surface area contributed by atoms with Crippen molar-refractivity contribution in [2.45, 2.75) is 13.5 Å². The van der Waals surface area contributed by atoms with Crippen LogP contribution in [0, 0.1) is 6.92 Å². The summed E-state index contributed by atoms with van der Waals surface area (Å²) in [5, 5.41) is 0. The van der Waals surface area contributed by atoms with Crippen LogP contribution >= 0.6 is 0 Å². The molecule has 0 radical (unpaired) electrons. The number of aryl methyl sites for hydroxylation is 1. The largest absolute Gasteiger partial charge is 0.497 e. The van der Waals surface area contributed by atoms with E-state index in [-0.39, 0.29) is 0 Å². The van der Waals surface area contributed by atoms with Crippen molar-refractivity contribution in [3.63, 3.8) is 0 Å². The van der Waals surface area contributed by atoms with E-state index in [0.29, 0.717) is 12.5 Å². The fourth-order valence-corrected chi connectivity index (χ4v) is 1.50. The molecule has 1 aromatic carbocycles. The van der Waals surface area contributed by atoms with E-state index in [1.165, 1.54) is 0 Å². The highest BCUT2D eigenvalue weighted by Gasteiger charge is 2.00. The molecule has 0 fully saturated rings. The molecule has 0 saturated heterocycles. The Labute approximate surface area is 101 Å². The summed E-state index contributed by atoms with van der Waals surface area (Å²) in [5.41, 5.74) is 2.14. The van der Waals surface area contributed by atoms with Crippen LogP contribution < -0.4 is 9.47 Å². The molecule has 1 heterocycles. The highest BCUT2D eigenvalue weighted by atomic mass is 16.5. The number of ether oxygens (including phenoxy) is 2. The predicted octanol–water partition coefficient (Wildman–Crippen LogP) is 2.98. The highest BCUT2D eigenvalue weighted by molar-refractivity contribution is 5.28. The first-order chi connectivity index (χ1) is 8.29. The molecule has 0 N–H and O–H groups in total. The minimum absolute atomic E-state index is 0.516. The lowest BCUT2D eigenvalue weighted by Gasteiger charge is -2.07. The van der Waals surface area contributed by atoms with E-state index in [1.807, 2.05) is 43.3 Å². The van der Waals surface area contributed by atoms with Crippen LogP contribution in [0.5, 0.6) is 11.6 Å². The number of methoxy groups -OCH3 is 1. The van der Waals surface area contributed by atoms with Gasteiger partial charge in [-0.25, -0.2) is 4.98 Å². The fourth-order valence-electron chi connectivity index (χ4n) is 1.50. The third-order valence-electron chi connectivity index (χ3n) is 2.50. The molecule has 0 aliphatic rings. The first-order valence-corrected chi connectivity index (χ1v) is 5.47. The standard InChI is InChI=1S/C14H15NO2/c1-11-4-3-9-15-14(11)17-10-12-5-7-13(16-2)8-6-12/h3-9H,10H2,1-2H3. The predicted molar refractivity (Wildman–Crippen MR) is 66.3 cm³/mol. The van der Waals surface area contributed by atoms with E-state index in [4.69, 9.17) is 9.47 Å². The van der Waals surface area contributed by atoms with Gasteiger partial charge in [-0.3, -0.25) is 0 Å². The van der Waals surface area contributed by atoms with Crippen LogP contribution in [0.4, 0.5) is 0 Å². The van der Waals surface area contributed by atoms with Gasteiger partial charge in [-0.05, 0) is 30.7 Å². The second-order valence-electron chi connectivity index (χ2n) is 3.76. The van der Waals surface area contributed by atoms with Crippen molar-refractivity contribution in [3.05, 3.63) is 53.7 Å². The van der Waals surface area contributed by atoms with Gasteiger partial charge in [0.1, 0.15) is 12.4 Å². The summed E-state index contributed by atoms with van der Waals surface area (Å²) in [6.07, 6.45) is 1.73. The van der Waals surface area contributed by atoms with Crippen LogP contribution in [-0.2, 0) is 6.61 Å². The van der Waals surface area contributed by atoms with Crippen LogP contribution in [0.1, 0.15) is 11.1 Å². The fraction of sp³-hybridized carbons (Fsp3) is 0.214. The van der Waals surface area contributed by atoms with Gasteiger partial charge in [-0.2, -0.15) is 0 Å². The topological polar surface area (TPSA) is 31.4 Å². The lowest BCUT2D eigenvalue weighted by Crippen LogP contribution is -1.98. The van der Waals surface area contributed by atoms with Crippen molar-refractivity contribution in [1.82, 2.24) is 4.98 Å². The number of nitrogens with zero attached hydrogens (tertiary/aromatic N) is 1. The smallest absolute Gasteiger partial charge is 0.216 e. The van der Waals surface area contributed by atoms with Crippen molar-refractivity contribution in [2.24, 2.45) is 0 Å². The Bertz CT molecular complexity index is 480. The van der Waals surface area contributed by atoms with E-state index in [2.05, 4.69) is 4.98 Å². The maximum Gasteiger partial charge on any atom is 0.216 e. The molecule has 2 rings (SSSR count). The van der Waals surface area contributed by atoms with E-state index in [0.717, 1.165) is 16.9 Å². The van der Waals surface area contributed by atoms with Crippen LogP contribution in [0.15, 0.2) is 42.6 Å². The second kappa shape index (κ2) is 5.34. The van der Waals surface area contributed by atoms with E-state index < -0.39 is 0 Å². The van der Waals surface area contributed by atoms with Crippen molar-refractivity contribution < 1.29 is 9.47 Å². The van der Waals surface area contributed by atoms with E-state index >= 15 is 0 Å². The van der Waals surface area contributed by atoms with Gasteiger partial charge in [0.25, 0.3) is 0 Å². The molecule has 0 unspecified atom stereocenters. The lowest BCUT2D eigenvalue weighted by molar-refractivity contribution is 0.291. The molecule has 17 heavy (non-hydrogen) atoms. The molecule has 3 nitrogen and oxygen atoms in total. The normalized spacial score (nSPS) is 10.0. The summed E-state index contributed by atoms with van der Waals surface area (Å²) >= 11 is 0. The lowest BCUT2D eigenvalue weighted by atomic mass is 10.2. The molecule has 0 saturated carbocycles. The third kappa shape index (κ3) is 2.97. The number of pyridine rings is 1. The molecule has 2 aromatic rings. The summed E-state index contributed by atoms with van der Waals surface area (Å²) in [4.78, 5) is 4.18. The van der Waals surface area contributed by atoms with Gasteiger partial charge in [-0.15, -0.1) is 0 Å². The minimum Gasteiger partial charge on any atom is -0.497 e. The number of hydrogen-bond donors (Lipinski definition) is 0. The number of aromatic nitrogens is 1. The Kier molecular flexibility index (Phi) is 3.60. The molecule has 3 heteroatoms. The number of benzene rings is 1. The average Bonchev–Trinajstić information content (AvgIpc) is 2.38. The van der Waals surface area contributed by atoms with E-state index in [9.17, 15) is 0 Å². The summed E-state index contributed by atoms with van der Waals surface area (Å²) in [7, 11) is 1.66. The summed E-state index contributed by atoms with van der Waals surface area (Å²) < 4.78 is 10.7. The summed E-state index contributed by atoms with van der Waals surface area (Å²) in [6.45, 7) is 2.50. The van der Waals surface area contributed by atoms with E-state index in [1.54, 1.807) is 13.3 Å². The molecule has 88 valence electrons. The number of rotatable bonds is 4. The zero-order valence-electron chi connectivity index (χ0n) is 10.0. The Hall–Kier alpha value is -2.03. The molecule has 1 aromatic heterocycles. The van der Waals surface area contributed by atoms with Crippen LogP contribution in [0.2, 0.25) is 0 Å². The zero-order chi connectivity index (χ0) is 12.1. The SMILES string of the molecule is COc1ccc(COc2ncccc2C)cc1. The maximum absolute atomic E-state index is 5.64. The minimum atomic E-state index is 0.516. The van der Waals surface area contributed by atoms with Gasteiger partial charge in [0, 0.05) is 11.8 Å². The molecular weight excluding hydrogens is 214 g/mol. The number of hydrogen-bond acceptors (Lipinski definition) is 3. The zero-order valence-corrected chi connectivity index (χ0v) is 10.0. The Balaban J connectivity index is 2.00. The van der Waals surface area contributed by atoms with Crippen molar-refractivity contribution in [3.8, 4) is 11.6 Å². The Morgan fingerprint density at radius 3 is 2.53 bits per heavy atom. The van der Waals surface area contributed by atoms with Gasteiger partial charge in [-0.1, -0.05) is 18.2 Å². The van der Waals surface area contributed by atoms with Gasteiger partial charge < -0.3 is 9.47 Å². The quantitative estimate of drug-likeness (QED) is 0.807. The molecule has 0 bridgehead atoms. The van der Waals surface area contributed by atoms with Gasteiger partial charge in [0.15, 0.2) is 0 Å². The molecular formula is C14H15NO2. The van der Waals surface area contributed by atoms with Gasteiger partial charge in [0.2, 0.25) is 5.88 Å². The summed E-state index contributed by atoms with van der Waals surface area (Å²) in [5.74, 6) is 1.53. The molecule has 0 spiro atoms. The van der Waals surface area contributed by atoms with Gasteiger partial charge >= 0.3 is 0 Å².